The summed E-state index contributed by atoms with van der Waals surface area (Å²) in [5.74, 6) is -1.90. The van der Waals surface area contributed by atoms with Crippen LogP contribution >= 0.6 is 0 Å². The fourth-order valence-corrected chi connectivity index (χ4v) is 6.61. The second kappa shape index (κ2) is 9.00. The lowest BCUT2D eigenvalue weighted by Gasteiger charge is -2.24. The van der Waals surface area contributed by atoms with E-state index in [0.29, 0.717) is 13.0 Å². The Balaban J connectivity index is 1.86. The first-order valence-corrected chi connectivity index (χ1v) is 13.6. The van der Waals surface area contributed by atoms with Crippen molar-refractivity contribution in [2.24, 2.45) is 0 Å². The highest BCUT2D eigenvalue weighted by atomic mass is 32.2. The van der Waals surface area contributed by atoms with E-state index in [2.05, 4.69) is 14.8 Å². The summed E-state index contributed by atoms with van der Waals surface area (Å²) in [5.41, 5.74) is 0.213. The highest BCUT2D eigenvalue weighted by molar-refractivity contribution is 7.93. The van der Waals surface area contributed by atoms with Crippen molar-refractivity contribution in [3.63, 3.8) is 0 Å². The first-order valence-electron chi connectivity index (χ1n) is 10.6. The molecule has 1 aliphatic heterocycles. The number of phenolic OH excluding ortho intramolecular Hbond substituents is 1. The molecule has 0 amide bonds. The fourth-order valence-electron chi connectivity index (χ4n) is 3.86. The lowest BCUT2D eigenvalue weighted by atomic mass is 10.0. The van der Waals surface area contributed by atoms with E-state index in [1.54, 1.807) is 0 Å². The van der Waals surface area contributed by atoms with Crippen molar-refractivity contribution in [1.82, 2.24) is 0 Å². The van der Waals surface area contributed by atoms with Crippen LogP contribution in [0.1, 0.15) is 23.1 Å². The topological polar surface area (TPSA) is 125 Å². The zero-order valence-corrected chi connectivity index (χ0v) is 20.4. The van der Waals surface area contributed by atoms with Gasteiger partial charge in [-0.15, -0.1) is 0 Å². The maximum atomic E-state index is 14.0. The summed E-state index contributed by atoms with van der Waals surface area (Å²) in [6, 6.07) is 8.59. The van der Waals surface area contributed by atoms with E-state index in [4.69, 9.17) is 0 Å². The van der Waals surface area contributed by atoms with Crippen molar-refractivity contribution < 1.29 is 30.7 Å². The highest BCUT2D eigenvalue weighted by Gasteiger charge is 2.32. The molecule has 3 aromatic rings. The second-order valence-electron chi connectivity index (χ2n) is 8.14. The predicted molar refractivity (Wildman–Crippen MR) is 129 cm³/mol. The van der Waals surface area contributed by atoms with E-state index in [9.17, 15) is 30.7 Å². The maximum absolute atomic E-state index is 14.0. The van der Waals surface area contributed by atoms with Gasteiger partial charge in [0.25, 0.3) is 20.0 Å². The zero-order chi connectivity index (χ0) is 25.5. The number of rotatable bonds is 6. The molecule has 0 saturated heterocycles. The first kappa shape index (κ1) is 24.7. The summed E-state index contributed by atoms with van der Waals surface area (Å²) in [6.07, 6.45) is 0.797. The van der Waals surface area contributed by atoms with Crippen molar-refractivity contribution in [3.8, 4) is 5.75 Å². The van der Waals surface area contributed by atoms with E-state index in [0.717, 1.165) is 12.1 Å². The Morgan fingerprint density at radius 1 is 0.857 bits per heavy atom. The van der Waals surface area contributed by atoms with E-state index in [1.807, 2.05) is 0 Å². The number of nitrogens with one attached hydrogen (secondary N) is 3. The van der Waals surface area contributed by atoms with Crippen LogP contribution in [0, 0.1) is 25.5 Å². The summed E-state index contributed by atoms with van der Waals surface area (Å²) in [4.78, 5) is -1.08. The minimum atomic E-state index is -4.55. The molecule has 0 aromatic heterocycles. The second-order valence-corrected chi connectivity index (χ2v) is 11.4. The molecule has 4 rings (SSSR count). The molecule has 0 unspecified atom stereocenters. The van der Waals surface area contributed by atoms with Gasteiger partial charge in [-0.3, -0.25) is 9.44 Å². The Hall–Kier alpha value is -3.38. The molecule has 1 aliphatic rings. The number of sulfonamides is 2. The van der Waals surface area contributed by atoms with Crippen molar-refractivity contribution in [2.75, 3.05) is 21.3 Å². The SMILES string of the molecule is Cc1c(F)cccc1NS(=O)(=O)c1cc(S(=O)(=O)Nc2cccc(F)c2C)c2c(c1O)NCCC2. The Bertz CT molecular complexity index is 1540. The van der Waals surface area contributed by atoms with Gasteiger partial charge in [0.15, 0.2) is 5.75 Å². The van der Waals surface area contributed by atoms with Gasteiger partial charge in [-0.2, -0.15) is 0 Å². The summed E-state index contributed by atoms with van der Waals surface area (Å²) < 4.78 is 85.6. The van der Waals surface area contributed by atoms with Crippen LogP contribution in [0.2, 0.25) is 0 Å². The van der Waals surface area contributed by atoms with Crippen LogP contribution in [0.15, 0.2) is 52.3 Å². The molecule has 0 saturated carbocycles. The van der Waals surface area contributed by atoms with Crippen LogP contribution in [-0.4, -0.2) is 28.5 Å². The minimum absolute atomic E-state index is 0.00601. The molecule has 3 aromatic carbocycles. The van der Waals surface area contributed by atoms with Crippen LogP contribution in [0.4, 0.5) is 25.8 Å². The van der Waals surface area contributed by atoms with Gasteiger partial charge in [0, 0.05) is 17.7 Å². The zero-order valence-electron chi connectivity index (χ0n) is 18.8. The molecule has 0 fully saturated rings. The number of phenols is 1. The number of hydrogen-bond donors (Lipinski definition) is 4. The van der Waals surface area contributed by atoms with E-state index >= 15 is 0 Å². The Kier molecular flexibility index (Phi) is 6.36. The van der Waals surface area contributed by atoms with E-state index in [-0.39, 0.29) is 45.1 Å². The summed E-state index contributed by atoms with van der Waals surface area (Å²) in [7, 11) is -8.95. The molecule has 0 atom stereocenters. The average Bonchev–Trinajstić information content (AvgIpc) is 2.80. The molecule has 12 heteroatoms. The molecule has 0 aliphatic carbocycles. The van der Waals surface area contributed by atoms with Crippen LogP contribution in [-0.2, 0) is 26.5 Å². The summed E-state index contributed by atoms with van der Waals surface area (Å²) in [5, 5.41) is 13.7. The molecule has 35 heavy (non-hydrogen) atoms. The lowest BCUT2D eigenvalue weighted by Crippen LogP contribution is -2.22. The number of fused-ring (bicyclic) bond motifs is 1. The van der Waals surface area contributed by atoms with Gasteiger partial charge in [0.2, 0.25) is 0 Å². The third-order valence-electron chi connectivity index (χ3n) is 5.84. The van der Waals surface area contributed by atoms with Crippen molar-refractivity contribution in [3.05, 3.63) is 70.8 Å². The number of hydrogen-bond acceptors (Lipinski definition) is 6. The maximum Gasteiger partial charge on any atom is 0.265 e. The number of aromatic hydroxyl groups is 1. The normalized spacial score (nSPS) is 13.6. The molecular weight excluding hydrogens is 500 g/mol. The third-order valence-corrected chi connectivity index (χ3v) is 8.65. The van der Waals surface area contributed by atoms with Gasteiger partial charge in [-0.25, -0.2) is 25.6 Å². The Morgan fingerprint density at radius 3 is 1.91 bits per heavy atom. The quantitative estimate of drug-likeness (QED) is 0.358. The van der Waals surface area contributed by atoms with Crippen LogP contribution in [0.3, 0.4) is 0 Å². The molecule has 1 heterocycles. The van der Waals surface area contributed by atoms with Crippen LogP contribution in [0.5, 0.6) is 5.75 Å². The summed E-state index contributed by atoms with van der Waals surface area (Å²) in [6.45, 7) is 3.17. The van der Waals surface area contributed by atoms with Gasteiger partial charge >= 0.3 is 0 Å². The fraction of sp³-hybridized carbons (Fsp3) is 0.217. The van der Waals surface area contributed by atoms with Gasteiger partial charge in [-0.05, 0) is 62.6 Å². The molecule has 0 bridgehead atoms. The van der Waals surface area contributed by atoms with Crippen LogP contribution < -0.4 is 14.8 Å². The molecule has 8 nitrogen and oxygen atoms in total. The highest BCUT2D eigenvalue weighted by Crippen LogP contribution is 2.42. The van der Waals surface area contributed by atoms with Gasteiger partial charge in [0.1, 0.15) is 16.5 Å². The standard InChI is InChI=1S/C23H23F2N3O5S2/c1-13-16(24)7-3-9-18(13)27-34(30,31)20-12-21(23(29)22-15(20)6-5-11-26-22)35(32,33)28-19-10-4-8-17(25)14(19)2/h3-4,7-10,12,26-29H,5-6,11H2,1-2H3. The number of halogens is 2. The third kappa shape index (κ3) is 4.63. The Morgan fingerprint density at radius 2 is 1.37 bits per heavy atom. The molecule has 186 valence electrons. The first-order chi connectivity index (χ1) is 16.4. The smallest absolute Gasteiger partial charge is 0.265 e. The van der Waals surface area contributed by atoms with Gasteiger partial charge in [0.05, 0.1) is 22.0 Å². The Labute approximate surface area is 202 Å². The van der Waals surface area contributed by atoms with Crippen molar-refractivity contribution in [1.29, 1.82) is 0 Å². The van der Waals surface area contributed by atoms with Crippen molar-refractivity contribution in [2.45, 2.75) is 36.5 Å². The number of anilines is 3. The molecular formula is C23H23F2N3O5S2. The number of benzene rings is 3. The lowest BCUT2D eigenvalue weighted by molar-refractivity contribution is 0.458. The largest absolute Gasteiger partial charge is 0.504 e. The van der Waals surface area contributed by atoms with Crippen LogP contribution in [0.25, 0.3) is 0 Å². The van der Waals surface area contributed by atoms with Crippen molar-refractivity contribution >= 4 is 37.1 Å². The van der Waals surface area contributed by atoms with Gasteiger partial charge in [-0.1, -0.05) is 12.1 Å². The average molecular weight is 524 g/mol. The molecule has 0 radical (unpaired) electrons. The van der Waals surface area contributed by atoms with E-state index < -0.39 is 42.3 Å². The summed E-state index contributed by atoms with van der Waals surface area (Å²) >= 11 is 0. The molecule has 0 spiro atoms. The minimum Gasteiger partial charge on any atom is -0.504 e. The van der Waals surface area contributed by atoms with E-state index in [1.165, 1.54) is 44.2 Å². The monoisotopic (exact) mass is 523 g/mol. The molecule has 4 N–H and O–H groups in total. The van der Waals surface area contributed by atoms with Gasteiger partial charge < -0.3 is 10.4 Å². The predicted octanol–water partition coefficient (Wildman–Crippen LogP) is 4.25.